The van der Waals surface area contributed by atoms with Gasteiger partial charge in [0.25, 0.3) is 0 Å². The molecule has 1 aliphatic rings. The number of halogens is 3. The molecule has 1 saturated heterocycles. The second-order valence-corrected chi connectivity index (χ2v) is 7.79. The summed E-state index contributed by atoms with van der Waals surface area (Å²) in [7, 11) is -4.34. The molecule has 142 valence electrons. The molecule has 1 fully saturated rings. The predicted octanol–water partition coefficient (Wildman–Crippen LogP) is 2.56. The zero-order valence-corrected chi connectivity index (χ0v) is 14.7. The van der Waals surface area contributed by atoms with Gasteiger partial charge in [-0.25, -0.2) is 8.42 Å². The molecule has 2 rings (SSSR count). The minimum absolute atomic E-state index is 0.102. The Kier molecular flexibility index (Phi) is 5.93. The molecule has 0 amide bonds. The standard InChI is InChI=1S/C16H17F3N2O4S/c1-11(10-20)25-15(22)12-6-8-21(9-7-12)26(23,24)14-5-3-2-4-13(14)16(17,18)19/h2-5,11-12H,6-9H2,1H3/t11-/m0/s1. The molecule has 26 heavy (non-hydrogen) atoms. The molecule has 0 aliphatic carbocycles. The fraction of sp³-hybridized carbons (Fsp3) is 0.500. The molecule has 0 bridgehead atoms. The maximum absolute atomic E-state index is 13.1. The van der Waals surface area contributed by atoms with Crippen molar-refractivity contribution in [3.63, 3.8) is 0 Å². The van der Waals surface area contributed by atoms with Gasteiger partial charge in [-0.05, 0) is 31.9 Å². The fourth-order valence-electron chi connectivity index (χ4n) is 2.69. The van der Waals surface area contributed by atoms with Crippen LogP contribution in [0.25, 0.3) is 0 Å². The van der Waals surface area contributed by atoms with Crippen molar-refractivity contribution in [1.29, 1.82) is 5.26 Å². The fourth-order valence-corrected chi connectivity index (χ4v) is 4.38. The third-order valence-electron chi connectivity index (χ3n) is 4.07. The highest BCUT2D eigenvalue weighted by Crippen LogP contribution is 2.36. The van der Waals surface area contributed by atoms with E-state index in [2.05, 4.69) is 0 Å². The third kappa shape index (κ3) is 4.34. The summed E-state index contributed by atoms with van der Waals surface area (Å²) in [6.45, 7) is 1.20. The Hall–Kier alpha value is -2.12. The van der Waals surface area contributed by atoms with Gasteiger partial charge in [0.1, 0.15) is 6.07 Å². The van der Waals surface area contributed by atoms with E-state index in [1.54, 1.807) is 6.07 Å². The van der Waals surface area contributed by atoms with E-state index in [0.717, 1.165) is 22.5 Å². The Morgan fingerprint density at radius 1 is 1.31 bits per heavy atom. The average Bonchev–Trinajstić information content (AvgIpc) is 2.61. The Labute approximate surface area is 149 Å². The van der Waals surface area contributed by atoms with Crippen LogP contribution >= 0.6 is 0 Å². The number of carbonyl (C=O) groups is 1. The zero-order chi connectivity index (χ0) is 19.5. The molecule has 10 heteroatoms. The molecule has 1 atom stereocenters. The monoisotopic (exact) mass is 390 g/mol. The summed E-state index contributed by atoms with van der Waals surface area (Å²) in [6, 6.07) is 5.76. The third-order valence-corrected chi connectivity index (χ3v) is 6.03. The van der Waals surface area contributed by atoms with Gasteiger partial charge in [0.2, 0.25) is 10.0 Å². The second kappa shape index (κ2) is 7.63. The van der Waals surface area contributed by atoms with Crippen LogP contribution in [0.4, 0.5) is 13.2 Å². The Morgan fingerprint density at radius 3 is 2.42 bits per heavy atom. The van der Waals surface area contributed by atoms with E-state index in [1.807, 2.05) is 0 Å². The molecular weight excluding hydrogens is 373 g/mol. The van der Waals surface area contributed by atoms with Crippen molar-refractivity contribution in [1.82, 2.24) is 4.31 Å². The number of hydrogen-bond donors (Lipinski definition) is 0. The predicted molar refractivity (Wildman–Crippen MR) is 84.1 cm³/mol. The molecule has 0 saturated carbocycles. The van der Waals surface area contributed by atoms with Crippen LogP contribution in [0.1, 0.15) is 25.3 Å². The number of piperidine rings is 1. The summed E-state index contributed by atoms with van der Waals surface area (Å²) in [5.41, 5.74) is -1.22. The molecule has 0 N–H and O–H groups in total. The highest BCUT2D eigenvalue weighted by molar-refractivity contribution is 7.89. The molecule has 1 aromatic rings. The van der Waals surface area contributed by atoms with E-state index in [0.29, 0.717) is 0 Å². The molecule has 0 radical (unpaired) electrons. The topological polar surface area (TPSA) is 87.5 Å². The number of ether oxygens (including phenoxy) is 1. The van der Waals surface area contributed by atoms with Gasteiger partial charge in [-0.2, -0.15) is 22.7 Å². The first kappa shape index (κ1) is 20.2. The number of alkyl halides is 3. The molecule has 1 aliphatic heterocycles. The van der Waals surface area contributed by atoms with Gasteiger partial charge < -0.3 is 4.74 Å². The summed E-state index contributed by atoms with van der Waals surface area (Å²) >= 11 is 0. The van der Waals surface area contributed by atoms with Crippen molar-refractivity contribution in [2.45, 2.75) is 36.9 Å². The van der Waals surface area contributed by atoms with Crippen LogP contribution in [0.3, 0.4) is 0 Å². The molecule has 0 unspecified atom stereocenters. The number of nitriles is 1. The van der Waals surface area contributed by atoms with E-state index >= 15 is 0 Å². The van der Waals surface area contributed by atoms with Crippen LogP contribution < -0.4 is 0 Å². The number of hydrogen-bond acceptors (Lipinski definition) is 5. The van der Waals surface area contributed by atoms with Crippen LogP contribution in [-0.4, -0.2) is 37.9 Å². The largest absolute Gasteiger partial charge is 0.447 e. The first-order valence-corrected chi connectivity index (χ1v) is 9.28. The van der Waals surface area contributed by atoms with Gasteiger partial charge in [0.05, 0.1) is 16.4 Å². The second-order valence-electron chi connectivity index (χ2n) is 5.88. The van der Waals surface area contributed by atoms with Crippen molar-refractivity contribution in [2.24, 2.45) is 5.92 Å². The minimum Gasteiger partial charge on any atom is -0.447 e. The van der Waals surface area contributed by atoms with E-state index in [9.17, 15) is 26.4 Å². The van der Waals surface area contributed by atoms with Crippen molar-refractivity contribution < 1.29 is 31.1 Å². The molecule has 1 heterocycles. The Morgan fingerprint density at radius 2 is 1.88 bits per heavy atom. The first-order valence-electron chi connectivity index (χ1n) is 7.84. The maximum Gasteiger partial charge on any atom is 0.417 e. The lowest BCUT2D eigenvalue weighted by Crippen LogP contribution is -2.41. The zero-order valence-electron chi connectivity index (χ0n) is 13.9. The van der Waals surface area contributed by atoms with Crippen LogP contribution in [-0.2, 0) is 25.7 Å². The number of sulfonamides is 1. The molecule has 0 aromatic heterocycles. The van der Waals surface area contributed by atoms with Gasteiger partial charge >= 0.3 is 12.1 Å². The Bertz CT molecular complexity index is 810. The van der Waals surface area contributed by atoms with Crippen molar-refractivity contribution >= 4 is 16.0 Å². The van der Waals surface area contributed by atoms with Crippen LogP contribution in [0, 0.1) is 17.2 Å². The number of nitrogens with zero attached hydrogens (tertiary/aromatic N) is 2. The van der Waals surface area contributed by atoms with E-state index in [1.165, 1.54) is 13.0 Å². The van der Waals surface area contributed by atoms with Gasteiger partial charge in [-0.3, -0.25) is 4.79 Å². The van der Waals surface area contributed by atoms with Crippen molar-refractivity contribution in [3.05, 3.63) is 29.8 Å². The average molecular weight is 390 g/mol. The summed E-state index contributed by atoms with van der Waals surface area (Å²) in [6.07, 6.45) is -5.48. The van der Waals surface area contributed by atoms with Crippen LogP contribution in [0.15, 0.2) is 29.2 Å². The quantitative estimate of drug-likeness (QED) is 0.738. The number of rotatable bonds is 4. The highest BCUT2D eigenvalue weighted by atomic mass is 32.2. The van der Waals surface area contributed by atoms with Crippen molar-refractivity contribution in [3.8, 4) is 6.07 Å². The maximum atomic E-state index is 13.1. The van der Waals surface area contributed by atoms with Crippen molar-refractivity contribution in [2.75, 3.05) is 13.1 Å². The lowest BCUT2D eigenvalue weighted by atomic mass is 9.98. The van der Waals surface area contributed by atoms with E-state index < -0.39 is 44.6 Å². The van der Waals surface area contributed by atoms with Gasteiger partial charge in [-0.15, -0.1) is 0 Å². The molecule has 6 nitrogen and oxygen atoms in total. The summed E-state index contributed by atoms with van der Waals surface area (Å²) < 4.78 is 70.4. The smallest absolute Gasteiger partial charge is 0.417 e. The molecular formula is C16H17F3N2O4S. The molecule has 0 spiro atoms. The normalized spacial score (nSPS) is 18.1. The lowest BCUT2D eigenvalue weighted by molar-refractivity contribution is -0.152. The van der Waals surface area contributed by atoms with Gasteiger partial charge in [0.15, 0.2) is 6.10 Å². The van der Waals surface area contributed by atoms with Crippen LogP contribution in [0.2, 0.25) is 0 Å². The Balaban J connectivity index is 2.15. The number of carbonyl (C=O) groups excluding carboxylic acids is 1. The summed E-state index contributed by atoms with van der Waals surface area (Å²) in [4.78, 5) is 11.1. The summed E-state index contributed by atoms with van der Waals surface area (Å²) in [5, 5.41) is 8.64. The molecule has 1 aromatic carbocycles. The van der Waals surface area contributed by atoms with E-state index in [-0.39, 0.29) is 25.9 Å². The number of esters is 1. The minimum atomic E-state index is -4.79. The number of benzene rings is 1. The van der Waals surface area contributed by atoms with E-state index in [4.69, 9.17) is 10.00 Å². The lowest BCUT2D eigenvalue weighted by Gasteiger charge is -2.31. The SMILES string of the molecule is C[C@@H](C#N)OC(=O)C1CCN(S(=O)(=O)c2ccccc2C(F)(F)F)CC1. The van der Waals surface area contributed by atoms with Gasteiger partial charge in [-0.1, -0.05) is 12.1 Å². The van der Waals surface area contributed by atoms with Crippen LogP contribution in [0.5, 0.6) is 0 Å². The first-order chi connectivity index (χ1) is 12.1. The highest BCUT2D eigenvalue weighted by Gasteiger charge is 2.40. The van der Waals surface area contributed by atoms with Gasteiger partial charge in [0, 0.05) is 13.1 Å². The summed E-state index contributed by atoms with van der Waals surface area (Å²) in [5.74, 6) is -1.19.